The summed E-state index contributed by atoms with van der Waals surface area (Å²) < 4.78 is 39.3. The van der Waals surface area contributed by atoms with Crippen LogP contribution in [0.1, 0.15) is 58.3 Å². The van der Waals surface area contributed by atoms with Gasteiger partial charge < -0.3 is 31.7 Å². The van der Waals surface area contributed by atoms with E-state index < -0.39 is 71.9 Å². The number of amides is 5. The van der Waals surface area contributed by atoms with E-state index in [0.29, 0.717) is 13.0 Å². The van der Waals surface area contributed by atoms with Crippen LogP contribution >= 0.6 is 0 Å². The Hall–Kier alpha value is -4.24. The number of carbonyl (C=O) groups excluding carboxylic acids is 5. The van der Waals surface area contributed by atoms with E-state index in [4.69, 9.17) is 0 Å². The lowest BCUT2D eigenvalue weighted by Crippen LogP contribution is -2.57. The Morgan fingerprint density at radius 2 is 1.60 bits per heavy atom. The molecule has 1 aromatic rings. The SMILES string of the molecule is CC(C)C[C@H](NC(=O)[C@H](Cc1cccc(C(F)(F)F)n1)NC(=O)O)C(=O)N[C@@H](C[C@@H]1CCNC1=O)C(=O)C(=O)NC(C)C. The van der Waals surface area contributed by atoms with Gasteiger partial charge in [-0.05, 0) is 51.2 Å². The minimum absolute atomic E-state index is 0.0161. The minimum Gasteiger partial charge on any atom is -0.465 e. The van der Waals surface area contributed by atoms with E-state index in [2.05, 4.69) is 26.3 Å². The van der Waals surface area contributed by atoms with E-state index in [9.17, 15) is 47.0 Å². The maximum absolute atomic E-state index is 13.4. The van der Waals surface area contributed by atoms with Gasteiger partial charge in [0.05, 0.1) is 6.04 Å². The molecule has 1 aliphatic heterocycles. The van der Waals surface area contributed by atoms with Gasteiger partial charge in [0.25, 0.3) is 5.91 Å². The van der Waals surface area contributed by atoms with E-state index >= 15 is 0 Å². The van der Waals surface area contributed by atoms with E-state index in [1.165, 1.54) is 6.07 Å². The molecule has 2 heterocycles. The average Bonchev–Trinajstić information content (AvgIpc) is 3.29. The predicted molar refractivity (Wildman–Crippen MR) is 145 cm³/mol. The fourth-order valence-corrected chi connectivity index (χ4v) is 4.44. The third kappa shape index (κ3) is 11.2. The zero-order valence-corrected chi connectivity index (χ0v) is 24.2. The van der Waals surface area contributed by atoms with Crippen LogP contribution in [0.5, 0.6) is 0 Å². The number of aromatic nitrogens is 1. The van der Waals surface area contributed by atoms with Crippen LogP contribution in [-0.4, -0.2) is 76.3 Å². The zero-order valence-electron chi connectivity index (χ0n) is 24.2. The maximum Gasteiger partial charge on any atom is 0.433 e. The first-order chi connectivity index (χ1) is 20.0. The second-order valence-electron chi connectivity index (χ2n) is 11.0. The van der Waals surface area contributed by atoms with Crippen molar-refractivity contribution >= 4 is 35.5 Å². The van der Waals surface area contributed by atoms with Gasteiger partial charge in [0, 0.05) is 30.6 Å². The molecule has 5 amide bonds. The Morgan fingerprint density at radius 3 is 2.14 bits per heavy atom. The smallest absolute Gasteiger partial charge is 0.433 e. The molecule has 1 fully saturated rings. The molecule has 1 saturated heterocycles. The summed E-state index contributed by atoms with van der Waals surface area (Å²) in [6.07, 6.45) is -6.76. The monoisotopic (exact) mass is 614 g/mol. The predicted octanol–water partition coefficient (Wildman–Crippen LogP) is 0.915. The average molecular weight is 615 g/mol. The third-order valence-corrected chi connectivity index (χ3v) is 6.42. The molecule has 43 heavy (non-hydrogen) atoms. The summed E-state index contributed by atoms with van der Waals surface area (Å²) >= 11 is 0. The Labute approximate surface area is 246 Å². The molecular formula is C27H37F3N6O7. The second-order valence-corrected chi connectivity index (χ2v) is 11.0. The van der Waals surface area contributed by atoms with Crippen molar-refractivity contribution in [2.45, 2.75) is 83.7 Å². The minimum atomic E-state index is -4.77. The molecule has 0 aliphatic carbocycles. The van der Waals surface area contributed by atoms with Gasteiger partial charge in [-0.15, -0.1) is 0 Å². The van der Waals surface area contributed by atoms with E-state index in [1.807, 2.05) is 5.32 Å². The number of alkyl halides is 3. The summed E-state index contributed by atoms with van der Waals surface area (Å²) in [6.45, 7) is 7.09. The van der Waals surface area contributed by atoms with Crippen LogP contribution in [0.25, 0.3) is 0 Å². The van der Waals surface area contributed by atoms with Gasteiger partial charge in [-0.25, -0.2) is 9.78 Å². The van der Waals surface area contributed by atoms with Crippen LogP contribution < -0.4 is 26.6 Å². The van der Waals surface area contributed by atoms with Crippen molar-refractivity contribution in [3.63, 3.8) is 0 Å². The molecule has 0 aromatic carbocycles. The second kappa shape index (κ2) is 15.3. The molecular weight excluding hydrogens is 577 g/mol. The molecule has 13 nitrogen and oxygen atoms in total. The van der Waals surface area contributed by atoms with Gasteiger partial charge in [-0.2, -0.15) is 13.2 Å². The summed E-state index contributed by atoms with van der Waals surface area (Å²) in [6, 6.07) is -1.79. The van der Waals surface area contributed by atoms with Crippen LogP contribution in [0.3, 0.4) is 0 Å². The summed E-state index contributed by atoms with van der Waals surface area (Å²) in [4.78, 5) is 79.1. The van der Waals surface area contributed by atoms with Gasteiger partial charge in [0.1, 0.15) is 17.8 Å². The number of ketones is 1. The van der Waals surface area contributed by atoms with Crippen molar-refractivity contribution in [2.75, 3.05) is 6.54 Å². The van der Waals surface area contributed by atoms with Gasteiger partial charge in [0.15, 0.2) is 0 Å². The quantitative estimate of drug-likeness (QED) is 0.166. The lowest BCUT2D eigenvalue weighted by atomic mass is 9.94. The molecule has 0 bridgehead atoms. The van der Waals surface area contributed by atoms with Crippen LogP contribution in [0, 0.1) is 11.8 Å². The van der Waals surface area contributed by atoms with Crippen molar-refractivity contribution in [1.29, 1.82) is 0 Å². The Kier molecular flexibility index (Phi) is 12.4. The summed E-state index contributed by atoms with van der Waals surface area (Å²) in [5, 5.41) is 21.1. The number of Topliss-reactive ketones (excluding diaryl/α,β-unsaturated/α-hetero) is 1. The highest BCUT2D eigenvalue weighted by molar-refractivity contribution is 6.38. The van der Waals surface area contributed by atoms with Gasteiger partial charge in [0.2, 0.25) is 23.5 Å². The zero-order chi connectivity index (χ0) is 32.5. The van der Waals surface area contributed by atoms with Gasteiger partial charge >= 0.3 is 12.3 Å². The number of nitrogens with zero attached hydrogens (tertiary/aromatic N) is 1. The lowest BCUT2D eigenvalue weighted by molar-refractivity contribution is -0.141. The number of nitrogens with one attached hydrogen (secondary N) is 5. The fourth-order valence-electron chi connectivity index (χ4n) is 4.44. The van der Waals surface area contributed by atoms with Crippen molar-refractivity contribution in [2.24, 2.45) is 11.8 Å². The summed E-state index contributed by atoms with van der Waals surface area (Å²) in [5.41, 5.74) is -1.46. The lowest BCUT2D eigenvalue weighted by Gasteiger charge is -2.26. The molecule has 0 saturated carbocycles. The largest absolute Gasteiger partial charge is 0.465 e. The van der Waals surface area contributed by atoms with Crippen LogP contribution in [-0.2, 0) is 36.6 Å². The Balaban J connectivity index is 2.29. The first-order valence-corrected chi connectivity index (χ1v) is 13.7. The van der Waals surface area contributed by atoms with Crippen LogP contribution in [0.15, 0.2) is 18.2 Å². The van der Waals surface area contributed by atoms with Crippen molar-refractivity contribution < 1.29 is 47.0 Å². The molecule has 16 heteroatoms. The highest BCUT2D eigenvalue weighted by Crippen LogP contribution is 2.27. The van der Waals surface area contributed by atoms with Crippen LogP contribution in [0.4, 0.5) is 18.0 Å². The van der Waals surface area contributed by atoms with Crippen molar-refractivity contribution in [1.82, 2.24) is 31.6 Å². The first kappa shape index (κ1) is 35.0. The highest BCUT2D eigenvalue weighted by atomic mass is 19.4. The number of carboxylic acid groups (broad SMARTS) is 1. The van der Waals surface area contributed by atoms with E-state index in [-0.39, 0.29) is 36.4 Å². The summed E-state index contributed by atoms with van der Waals surface area (Å²) in [7, 11) is 0. The van der Waals surface area contributed by atoms with Gasteiger partial charge in [-0.3, -0.25) is 24.0 Å². The highest BCUT2D eigenvalue weighted by Gasteiger charge is 2.37. The third-order valence-electron chi connectivity index (χ3n) is 6.42. The number of pyridine rings is 1. The molecule has 1 aliphatic rings. The summed E-state index contributed by atoms with van der Waals surface area (Å²) in [5.74, 6) is -5.05. The topological polar surface area (TPSA) is 196 Å². The Morgan fingerprint density at radius 1 is 0.977 bits per heavy atom. The molecule has 6 N–H and O–H groups in total. The number of hydrogen-bond donors (Lipinski definition) is 6. The number of rotatable bonds is 14. The van der Waals surface area contributed by atoms with E-state index in [1.54, 1.807) is 27.7 Å². The molecule has 2 rings (SSSR count). The molecule has 0 unspecified atom stereocenters. The fraction of sp³-hybridized carbons (Fsp3) is 0.593. The molecule has 1 aromatic heterocycles. The van der Waals surface area contributed by atoms with Crippen molar-refractivity contribution in [3.05, 3.63) is 29.6 Å². The Bertz CT molecular complexity index is 1210. The van der Waals surface area contributed by atoms with E-state index in [0.717, 1.165) is 12.1 Å². The number of halogens is 3. The number of carbonyl (C=O) groups is 6. The standard InChI is InChI=1S/C27H37F3N6O7/c1-13(2)10-18(23(39)34-17(11-15-8-9-31-22(15)38)21(37)25(41)32-14(3)4)35-24(40)19(36-26(42)43)12-16-6-5-7-20(33-16)27(28,29)30/h5-7,13-15,17-19,36H,8-12H2,1-4H3,(H,31,38)(H,32,41)(H,34,39)(H,35,40)(H,42,43)/t15-,17-,18-,19-/m0/s1. The molecule has 0 spiro atoms. The number of hydrogen-bond acceptors (Lipinski definition) is 7. The molecule has 0 radical (unpaired) electrons. The molecule has 238 valence electrons. The van der Waals surface area contributed by atoms with Crippen LogP contribution in [0.2, 0.25) is 0 Å². The van der Waals surface area contributed by atoms with Crippen molar-refractivity contribution in [3.8, 4) is 0 Å². The molecule has 4 atom stereocenters. The maximum atomic E-state index is 13.4. The normalized spacial score (nSPS) is 17.0. The first-order valence-electron chi connectivity index (χ1n) is 13.7. The van der Waals surface area contributed by atoms with Gasteiger partial charge in [-0.1, -0.05) is 19.9 Å².